The van der Waals surface area contributed by atoms with E-state index in [2.05, 4.69) is 11.4 Å². The predicted molar refractivity (Wildman–Crippen MR) is 77.9 cm³/mol. The molecule has 1 N–H and O–H groups in total. The number of hydrogen-bond donors (Lipinski definition) is 1. The first-order valence-corrected chi connectivity index (χ1v) is 6.99. The number of nitrogens with one attached hydrogen (secondary N) is 1. The summed E-state index contributed by atoms with van der Waals surface area (Å²) in [5, 5.41) is 11.9. The molecule has 0 bridgehead atoms. The van der Waals surface area contributed by atoms with Crippen LogP contribution in [0.5, 0.6) is 0 Å². The number of benzene rings is 1. The number of halogens is 3. The van der Waals surface area contributed by atoms with Crippen LogP contribution in [-0.2, 0) is 6.18 Å². The summed E-state index contributed by atoms with van der Waals surface area (Å²) in [5.74, 6) is 0. The number of rotatable bonds is 6. The van der Waals surface area contributed by atoms with Crippen molar-refractivity contribution in [1.29, 1.82) is 5.26 Å². The van der Waals surface area contributed by atoms with E-state index in [-0.39, 0.29) is 5.41 Å². The second-order valence-electron chi connectivity index (χ2n) is 5.91. The lowest BCUT2D eigenvalue weighted by Crippen LogP contribution is -2.10. The average molecular weight is 298 g/mol. The van der Waals surface area contributed by atoms with Gasteiger partial charge in [-0.3, -0.25) is 0 Å². The Balaban J connectivity index is 2.51. The van der Waals surface area contributed by atoms with Crippen molar-refractivity contribution >= 4 is 5.69 Å². The Morgan fingerprint density at radius 3 is 2.43 bits per heavy atom. The minimum Gasteiger partial charge on any atom is -0.385 e. The minimum absolute atomic E-state index is 0.341. The Morgan fingerprint density at radius 2 is 1.86 bits per heavy atom. The predicted octanol–water partition coefficient (Wildman–Crippen LogP) is 5.15. The first-order chi connectivity index (χ1) is 9.65. The summed E-state index contributed by atoms with van der Waals surface area (Å²) in [6.45, 7) is 6.15. The molecule has 0 atom stereocenters. The van der Waals surface area contributed by atoms with Gasteiger partial charge in [-0.15, -0.1) is 0 Å². The van der Waals surface area contributed by atoms with Crippen LogP contribution in [0.4, 0.5) is 18.9 Å². The highest BCUT2D eigenvalue weighted by Crippen LogP contribution is 2.32. The van der Waals surface area contributed by atoms with Gasteiger partial charge in [-0.05, 0) is 51.3 Å². The lowest BCUT2D eigenvalue weighted by Gasteiger charge is -2.16. The van der Waals surface area contributed by atoms with Crippen LogP contribution in [0.2, 0.25) is 0 Å². The summed E-state index contributed by atoms with van der Waals surface area (Å²) in [6, 6.07) is 5.95. The Bertz CT molecular complexity index is 513. The van der Waals surface area contributed by atoms with Crippen molar-refractivity contribution in [2.75, 3.05) is 11.9 Å². The fraction of sp³-hybridized carbons (Fsp3) is 0.562. The smallest absolute Gasteiger partial charge is 0.385 e. The van der Waals surface area contributed by atoms with E-state index in [9.17, 15) is 13.2 Å². The highest BCUT2D eigenvalue weighted by molar-refractivity contribution is 5.53. The van der Waals surface area contributed by atoms with Crippen molar-refractivity contribution in [3.8, 4) is 6.07 Å². The van der Waals surface area contributed by atoms with E-state index in [0.29, 0.717) is 12.2 Å². The monoisotopic (exact) mass is 298 g/mol. The number of alkyl halides is 3. The Labute approximate surface area is 124 Å². The highest BCUT2D eigenvalue weighted by atomic mass is 19.4. The van der Waals surface area contributed by atoms with Crippen LogP contribution >= 0.6 is 0 Å². The third-order valence-corrected chi connectivity index (χ3v) is 3.41. The lowest BCUT2D eigenvalue weighted by molar-refractivity contribution is -0.137. The number of unbranched alkanes of at least 4 members (excludes halogenated alkanes) is 1. The van der Waals surface area contributed by atoms with Crippen LogP contribution in [0.15, 0.2) is 18.2 Å². The van der Waals surface area contributed by atoms with Gasteiger partial charge in [0.15, 0.2) is 0 Å². The zero-order chi connectivity index (χ0) is 16.1. The Morgan fingerprint density at radius 1 is 1.19 bits per heavy atom. The molecule has 0 heterocycles. The van der Waals surface area contributed by atoms with E-state index in [1.165, 1.54) is 6.07 Å². The molecule has 0 aliphatic heterocycles. The maximum Gasteiger partial charge on any atom is 0.416 e. The molecule has 1 aromatic carbocycles. The van der Waals surface area contributed by atoms with Crippen molar-refractivity contribution in [2.45, 2.75) is 46.2 Å². The van der Waals surface area contributed by atoms with Gasteiger partial charge in [0.1, 0.15) is 0 Å². The molecule has 0 aliphatic rings. The third-order valence-electron chi connectivity index (χ3n) is 3.41. The maximum atomic E-state index is 12.7. The standard InChI is InChI=1S/C16H21F3N2/c1-12-6-7-13(16(17,18)19)10-14(12)21-9-5-4-8-15(2,3)11-20/h6-7,10,21H,4-5,8-9H2,1-3H3. The van der Waals surface area contributed by atoms with Gasteiger partial charge in [0.05, 0.1) is 17.0 Å². The molecule has 1 rings (SSSR count). The van der Waals surface area contributed by atoms with Crippen LogP contribution in [0, 0.1) is 23.7 Å². The second-order valence-corrected chi connectivity index (χ2v) is 5.91. The molecule has 0 saturated heterocycles. The molecule has 0 amide bonds. The molecule has 1 aromatic rings. The molecule has 0 unspecified atom stereocenters. The molecule has 0 fully saturated rings. The minimum atomic E-state index is -4.32. The van der Waals surface area contributed by atoms with Crippen molar-refractivity contribution in [3.63, 3.8) is 0 Å². The summed E-state index contributed by atoms with van der Waals surface area (Å²) < 4.78 is 38.0. The van der Waals surface area contributed by atoms with Gasteiger partial charge in [-0.1, -0.05) is 12.5 Å². The van der Waals surface area contributed by atoms with Gasteiger partial charge in [0.25, 0.3) is 0 Å². The number of nitrogens with zero attached hydrogens (tertiary/aromatic N) is 1. The molecular formula is C16H21F3N2. The van der Waals surface area contributed by atoms with Crippen molar-refractivity contribution in [2.24, 2.45) is 5.41 Å². The highest BCUT2D eigenvalue weighted by Gasteiger charge is 2.30. The molecule has 0 radical (unpaired) electrons. The summed E-state index contributed by atoms with van der Waals surface area (Å²) in [7, 11) is 0. The molecule has 21 heavy (non-hydrogen) atoms. The Hall–Kier alpha value is -1.70. The van der Waals surface area contributed by atoms with Gasteiger partial charge in [0, 0.05) is 12.2 Å². The zero-order valence-corrected chi connectivity index (χ0v) is 12.6. The van der Waals surface area contributed by atoms with E-state index in [0.717, 1.165) is 37.0 Å². The van der Waals surface area contributed by atoms with Crippen LogP contribution in [0.25, 0.3) is 0 Å². The first kappa shape index (κ1) is 17.4. The van der Waals surface area contributed by atoms with Crippen LogP contribution in [-0.4, -0.2) is 6.54 Å². The van der Waals surface area contributed by atoms with Gasteiger partial charge in [-0.25, -0.2) is 0 Å². The van der Waals surface area contributed by atoms with Crippen molar-refractivity contribution < 1.29 is 13.2 Å². The molecule has 0 aliphatic carbocycles. The quantitative estimate of drug-likeness (QED) is 0.738. The average Bonchev–Trinajstić information content (AvgIpc) is 2.39. The van der Waals surface area contributed by atoms with E-state index in [1.54, 1.807) is 6.92 Å². The second kappa shape index (κ2) is 6.84. The topological polar surface area (TPSA) is 35.8 Å². The molecule has 0 aromatic heterocycles. The number of nitriles is 1. The maximum absolute atomic E-state index is 12.7. The number of hydrogen-bond acceptors (Lipinski definition) is 2. The Kier molecular flexibility index (Phi) is 5.65. The number of anilines is 1. The van der Waals surface area contributed by atoms with Gasteiger partial charge in [0.2, 0.25) is 0 Å². The van der Waals surface area contributed by atoms with E-state index >= 15 is 0 Å². The normalized spacial score (nSPS) is 12.0. The summed E-state index contributed by atoms with van der Waals surface area (Å²) in [4.78, 5) is 0. The third kappa shape index (κ3) is 5.66. The summed E-state index contributed by atoms with van der Waals surface area (Å²) in [6.07, 6.45) is -1.85. The van der Waals surface area contributed by atoms with Crippen LogP contribution in [0.1, 0.15) is 44.2 Å². The molecule has 2 nitrogen and oxygen atoms in total. The number of aryl methyl sites for hydroxylation is 1. The summed E-state index contributed by atoms with van der Waals surface area (Å²) in [5.41, 5.74) is 0.331. The van der Waals surface area contributed by atoms with Gasteiger partial charge in [-0.2, -0.15) is 18.4 Å². The van der Waals surface area contributed by atoms with E-state index in [4.69, 9.17) is 5.26 Å². The van der Waals surface area contributed by atoms with Crippen LogP contribution in [0.3, 0.4) is 0 Å². The van der Waals surface area contributed by atoms with E-state index < -0.39 is 11.7 Å². The fourth-order valence-corrected chi connectivity index (χ4v) is 1.96. The largest absolute Gasteiger partial charge is 0.416 e. The zero-order valence-electron chi connectivity index (χ0n) is 12.6. The van der Waals surface area contributed by atoms with E-state index in [1.807, 2.05) is 13.8 Å². The molecule has 5 heteroatoms. The van der Waals surface area contributed by atoms with Gasteiger partial charge < -0.3 is 5.32 Å². The SMILES string of the molecule is Cc1ccc(C(F)(F)F)cc1NCCCCC(C)(C)C#N. The first-order valence-electron chi connectivity index (χ1n) is 6.99. The van der Waals surface area contributed by atoms with Gasteiger partial charge >= 0.3 is 6.18 Å². The van der Waals surface area contributed by atoms with Crippen molar-refractivity contribution in [3.05, 3.63) is 29.3 Å². The van der Waals surface area contributed by atoms with Crippen LogP contribution < -0.4 is 5.32 Å². The summed E-state index contributed by atoms with van der Waals surface area (Å²) >= 11 is 0. The lowest BCUT2D eigenvalue weighted by atomic mass is 9.89. The molecular weight excluding hydrogens is 277 g/mol. The van der Waals surface area contributed by atoms with Crippen molar-refractivity contribution in [1.82, 2.24) is 0 Å². The molecule has 0 spiro atoms. The fourth-order valence-electron chi connectivity index (χ4n) is 1.96. The molecule has 0 saturated carbocycles. The molecule has 116 valence electrons.